The highest BCUT2D eigenvalue weighted by molar-refractivity contribution is 5.87. The molecule has 1 aromatic heterocycles. The normalized spacial score (nSPS) is 12.0. The molecule has 0 atom stereocenters. The van der Waals surface area contributed by atoms with E-state index < -0.39 is 5.97 Å². The summed E-state index contributed by atoms with van der Waals surface area (Å²) >= 11 is 0. The molecule has 2 heterocycles. The Bertz CT molecular complexity index is 843. The number of hydrogen-bond donors (Lipinski definition) is 2. The molecule has 5 nitrogen and oxygen atoms in total. The quantitative estimate of drug-likeness (QED) is 0.704. The third-order valence-electron chi connectivity index (χ3n) is 2.77. The Kier molecular flexibility index (Phi) is 2.30. The smallest absolute Gasteiger partial charge is 0.335 e. The minimum absolute atomic E-state index is 0.244. The van der Waals surface area contributed by atoms with Gasteiger partial charge < -0.3 is 10.4 Å². The van der Waals surface area contributed by atoms with Crippen LogP contribution in [-0.2, 0) is 0 Å². The third-order valence-corrected chi connectivity index (χ3v) is 2.77. The molecular formula is C13H9N3O2. The molecule has 0 radical (unpaired) electrons. The number of carboxylic acid groups (broad SMARTS) is 1. The summed E-state index contributed by atoms with van der Waals surface area (Å²) in [4.78, 5) is 19.2. The van der Waals surface area contributed by atoms with Crippen molar-refractivity contribution in [3.8, 4) is 0 Å². The van der Waals surface area contributed by atoms with Gasteiger partial charge in [-0.25, -0.2) is 14.8 Å². The molecule has 3 rings (SSSR count). The number of aromatic carboxylic acids is 1. The number of benzene rings is 1. The monoisotopic (exact) mass is 239 g/mol. The second kappa shape index (κ2) is 3.96. The van der Waals surface area contributed by atoms with E-state index in [-0.39, 0.29) is 5.56 Å². The minimum Gasteiger partial charge on any atom is -0.478 e. The van der Waals surface area contributed by atoms with Crippen molar-refractivity contribution in [3.05, 3.63) is 57.3 Å². The molecule has 1 aliphatic heterocycles. The first-order valence-electron chi connectivity index (χ1n) is 5.36. The summed E-state index contributed by atoms with van der Waals surface area (Å²) in [5.74, 6) is -0.949. The van der Waals surface area contributed by atoms with Crippen LogP contribution in [0.1, 0.15) is 10.4 Å². The van der Waals surface area contributed by atoms with Gasteiger partial charge >= 0.3 is 5.97 Å². The molecule has 0 unspecified atom stereocenters. The predicted molar refractivity (Wildman–Crippen MR) is 64.4 cm³/mol. The molecule has 0 fully saturated rings. The molecule has 0 amide bonds. The van der Waals surface area contributed by atoms with Crippen molar-refractivity contribution in [3.63, 3.8) is 0 Å². The average Bonchev–Trinajstić information content (AvgIpc) is 2.57. The van der Waals surface area contributed by atoms with E-state index in [4.69, 9.17) is 5.11 Å². The Morgan fingerprint density at radius 1 is 1.22 bits per heavy atom. The summed E-state index contributed by atoms with van der Waals surface area (Å²) < 4.78 is 0. The summed E-state index contributed by atoms with van der Waals surface area (Å²) in [7, 11) is 0. The van der Waals surface area contributed by atoms with Crippen molar-refractivity contribution in [2.75, 3.05) is 0 Å². The van der Waals surface area contributed by atoms with E-state index >= 15 is 0 Å². The fraction of sp³-hybridized carbons (Fsp3) is 0. The van der Waals surface area contributed by atoms with Crippen molar-refractivity contribution in [1.29, 1.82) is 0 Å². The topological polar surface area (TPSA) is 75.1 Å². The first-order chi connectivity index (χ1) is 8.75. The van der Waals surface area contributed by atoms with Crippen molar-refractivity contribution < 1.29 is 9.90 Å². The van der Waals surface area contributed by atoms with Crippen LogP contribution in [0.3, 0.4) is 0 Å². The third kappa shape index (κ3) is 1.62. The van der Waals surface area contributed by atoms with Crippen LogP contribution >= 0.6 is 0 Å². The molecular weight excluding hydrogens is 230 g/mol. The first-order valence-corrected chi connectivity index (χ1v) is 5.36. The van der Waals surface area contributed by atoms with Crippen molar-refractivity contribution >= 4 is 18.4 Å². The summed E-state index contributed by atoms with van der Waals surface area (Å²) in [6.45, 7) is 0. The minimum atomic E-state index is -0.949. The first kappa shape index (κ1) is 10.5. The maximum Gasteiger partial charge on any atom is 0.335 e. The molecule has 1 aromatic carbocycles. The number of carboxylic acids is 1. The lowest BCUT2D eigenvalue weighted by molar-refractivity contribution is 0.0697. The second-order valence-electron chi connectivity index (χ2n) is 3.89. The van der Waals surface area contributed by atoms with Crippen molar-refractivity contribution in [1.82, 2.24) is 15.3 Å². The Balaban J connectivity index is 2.59. The zero-order valence-electron chi connectivity index (χ0n) is 9.29. The van der Waals surface area contributed by atoms with Gasteiger partial charge in [-0.2, -0.15) is 0 Å². The maximum atomic E-state index is 11.0. The Morgan fingerprint density at radius 2 is 2.06 bits per heavy atom. The van der Waals surface area contributed by atoms with Crippen molar-refractivity contribution in [2.24, 2.45) is 0 Å². The largest absolute Gasteiger partial charge is 0.478 e. The van der Waals surface area contributed by atoms with Gasteiger partial charge in [-0.05, 0) is 17.4 Å². The van der Waals surface area contributed by atoms with Gasteiger partial charge in [0.15, 0.2) is 0 Å². The Hall–Kier alpha value is -2.69. The van der Waals surface area contributed by atoms with Gasteiger partial charge in [0.05, 0.1) is 10.9 Å². The molecule has 0 spiro atoms. The number of hydrogen-bond acceptors (Lipinski definition) is 4. The number of rotatable bonds is 1. The fourth-order valence-electron chi connectivity index (χ4n) is 1.91. The molecule has 0 aliphatic carbocycles. The zero-order valence-corrected chi connectivity index (χ0v) is 9.29. The molecule has 2 N–H and O–H groups in total. The van der Waals surface area contributed by atoms with Crippen LogP contribution in [0.4, 0.5) is 0 Å². The van der Waals surface area contributed by atoms with Gasteiger partial charge in [0.1, 0.15) is 6.33 Å². The van der Waals surface area contributed by atoms with Crippen LogP contribution in [0.5, 0.6) is 0 Å². The standard InChI is InChI=1S/C13H9N3O2/c17-13(18)8-1-2-9-4-14-5-10-6-15-7-16-12(10)11(9)3-8/h1-7,14H,(H,17,18). The van der Waals surface area contributed by atoms with Gasteiger partial charge in [-0.15, -0.1) is 0 Å². The number of carbonyl (C=O) groups is 1. The summed E-state index contributed by atoms with van der Waals surface area (Å²) in [6, 6.07) is 4.96. The molecule has 88 valence electrons. The van der Waals surface area contributed by atoms with Gasteiger partial charge in [0, 0.05) is 29.0 Å². The highest BCUT2D eigenvalue weighted by Gasteiger charge is 2.03. The van der Waals surface area contributed by atoms with Crippen LogP contribution in [0, 0.1) is 10.6 Å². The van der Waals surface area contributed by atoms with Crippen LogP contribution < -0.4 is 15.8 Å². The summed E-state index contributed by atoms with van der Waals surface area (Å²) in [5.41, 5.74) is 0.244. The highest BCUT2D eigenvalue weighted by Crippen LogP contribution is 1.97. The number of fused-ring (bicyclic) bond motifs is 2. The lowest BCUT2D eigenvalue weighted by Crippen LogP contribution is -2.11. The molecule has 1 aliphatic rings. The zero-order chi connectivity index (χ0) is 12.5. The van der Waals surface area contributed by atoms with Crippen LogP contribution in [-0.4, -0.2) is 21.0 Å². The lowest BCUT2D eigenvalue weighted by Gasteiger charge is -1.95. The van der Waals surface area contributed by atoms with E-state index in [9.17, 15) is 4.79 Å². The van der Waals surface area contributed by atoms with Gasteiger partial charge in [-0.1, -0.05) is 6.07 Å². The second-order valence-corrected chi connectivity index (χ2v) is 3.89. The number of nitrogens with zero attached hydrogens (tertiary/aromatic N) is 2. The Labute approximate surface area is 101 Å². The SMILES string of the molecule is O=C(O)c1ccc2c(c1)=c1ncncc1=CNC=2. The van der Waals surface area contributed by atoms with Gasteiger partial charge in [0.2, 0.25) is 0 Å². The van der Waals surface area contributed by atoms with E-state index in [2.05, 4.69) is 15.3 Å². The molecule has 5 heteroatoms. The van der Waals surface area contributed by atoms with E-state index in [1.165, 1.54) is 6.33 Å². The van der Waals surface area contributed by atoms with E-state index in [1.807, 2.05) is 6.20 Å². The maximum absolute atomic E-state index is 11.0. The lowest BCUT2D eigenvalue weighted by atomic mass is 10.1. The van der Waals surface area contributed by atoms with Gasteiger partial charge in [0.25, 0.3) is 0 Å². The average molecular weight is 239 g/mol. The molecule has 0 bridgehead atoms. The van der Waals surface area contributed by atoms with Crippen LogP contribution in [0.2, 0.25) is 0 Å². The van der Waals surface area contributed by atoms with Crippen LogP contribution in [0.15, 0.2) is 30.7 Å². The van der Waals surface area contributed by atoms with Crippen LogP contribution in [0.25, 0.3) is 12.4 Å². The fourth-order valence-corrected chi connectivity index (χ4v) is 1.91. The molecule has 0 saturated carbocycles. The summed E-state index contributed by atoms with van der Waals surface area (Å²) in [6.07, 6.45) is 6.74. The number of aromatic nitrogens is 2. The van der Waals surface area contributed by atoms with E-state index in [1.54, 1.807) is 30.6 Å². The number of nitrogens with one attached hydrogen (secondary N) is 1. The Morgan fingerprint density at radius 3 is 2.89 bits per heavy atom. The molecule has 2 aromatic rings. The van der Waals surface area contributed by atoms with E-state index in [0.717, 1.165) is 21.0 Å². The highest BCUT2D eigenvalue weighted by atomic mass is 16.4. The van der Waals surface area contributed by atoms with Crippen molar-refractivity contribution in [2.45, 2.75) is 0 Å². The summed E-state index contributed by atoms with van der Waals surface area (Å²) in [5, 5.41) is 15.3. The predicted octanol–water partition coefficient (Wildman–Crippen LogP) is -0.459. The van der Waals surface area contributed by atoms with Gasteiger partial charge in [-0.3, -0.25) is 0 Å². The van der Waals surface area contributed by atoms with E-state index in [0.29, 0.717) is 0 Å². The molecule has 0 saturated heterocycles. The molecule has 18 heavy (non-hydrogen) atoms.